The van der Waals surface area contributed by atoms with Crippen molar-refractivity contribution in [2.24, 2.45) is 0 Å². The fraction of sp³-hybridized carbons (Fsp3) is 0.182. The maximum absolute atomic E-state index is 5.99. The van der Waals surface area contributed by atoms with Crippen molar-refractivity contribution in [3.63, 3.8) is 0 Å². The summed E-state index contributed by atoms with van der Waals surface area (Å²) < 4.78 is 5.37. The molecule has 0 atom stereocenters. The average molecular weight is 419 g/mol. The van der Waals surface area contributed by atoms with Crippen LogP contribution in [0.5, 0.6) is 0 Å². The van der Waals surface area contributed by atoms with E-state index in [0.717, 1.165) is 42.6 Å². The summed E-state index contributed by atoms with van der Waals surface area (Å²) in [5, 5.41) is 13.5. The van der Waals surface area contributed by atoms with Crippen LogP contribution in [0, 0.1) is 0 Å². The van der Waals surface area contributed by atoms with Crippen molar-refractivity contribution in [1.29, 1.82) is 0 Å². The first kappa shape index (κ1) is 18.6. The largest absolute Gasteiger partial charge is 0.368 e. The van der Waals surface area contributed by atoms with Crippen LogP contribution < -0.4 is 9.80 Å². The van der Waals surface area contributed by atoms with Crippen molar-refractivity contribution in [2.75, 3.05) is 36.0 Å². The molecule has 0 aliphatic carbocycles. The van der Waals surface area contributed by atoms with E-state index in [2.05, 4.69) is 42.3 Å². The van der Waals surface area contributed by atoms with Crippen molar-refractivity contribution >= 4 is 23.1 Å². The van der Waals surface area contributed by atoms with E-state index in [4.69, 9.17) is 16.1 Å². The number of nitrogens with zero attached hydrogens (tertiary/aromatic N) is 6. The van der Waals surface area contributed by atoms with Gasteiger partial charge < -0.3 is 14.3 Å². The molecule has 5 rings (SSSR count). The fourth-order valence-electron chi connectivity index (χ4n) is 3.49. The van der Waals surface area contributed by atoms with Crippen molar-refractivity contribution in [3.05, 3.63) is 71.8 Å². The zero-order chi connectivity index (χ0) is 20.3. The molecule has 30 heavy (non-hydrogen) atoms. The third-order valence-corrected chi connectivity index (χ3v) is 5.38. The molecule has 0 amide bonds. The summed E-state index contributed by atoms with van der Waals surface area (Å²) in [6.07, 6.45) is 0. The number of hydrogen-bond donors (Lipinski definition) is 0. The van der Waals surface area contributed by atoms with E-state index in [1.807, 2.05) is 54.6 Å². The molecule has 1 fully saturated rings. The molecule has 8 heteroatoms. The van der Waals surface area contributed by atoms with Crippen molar-refractivity contribution in [2.45, 2.75) is 0 Å². The first-order valence-corrected chi connectivity index (χ1v) is 10.1. The zero-order valence-electron chi connectivity index (χ0n) is 16.1. The molecule has 0 unspecified atom stereocenters. The highest BCUT2D eigenvalue weighted by Crippen LogP contribution is 2.23. The van der Waals surface area contributed by atoms with Gasteiger partial charge in [-0.25, -0.2) is 0 Å². The van der Waals surface area contributed by atoms with E-state index in [1.165, 1.54) is 5.69 Å². The Hall–Kier alpha value is -3.45. The van der Waals surface area contributed by atoms with Crippen molar-refractivity contribution in [1.82, 2.24) is 20.3 Å². The third kappa shape index (κ3) is 3.84. The van der Waals surface area contributed by atoms with Gasteiger partial charge in [-0.05, 0) is 36.4 Å². The van der Waals surface area contributed by atoms with E-state index in [-0.39, 0.29) is 0 Å². The highest BCUT2D eigenvalue weighted by molar-refractivity contribution is 6.30. The van der Waals surface area contributed by atoms with E-state index < -0.39 is 0 Å². The molecule has 0 spiro atoms. The summed E-state index contributed by atoms with van der Waals surface area (Å²) in [6, 6.07) is 21.5. The lowest BCUT2D eigenvalue weighted by atomic mass is 10.2. The van der Waals surface area contributed by atoms with Gasteiger partial charge >= 0.3 is 0 Å². The lowest BCUT2D eigenvalue weighted by Crippen LogP contribution is -2.46. The second-order valence-electron chi connectivity index (χ2n) is 7.02. The predicted molar refractivity (Wildman–Crippen MR) is 117 cm³/mol. The summed E-state index contributed by atoms with van der Waals surface area (Å²) >= 11 is 5.99. The van der Waals surface area contributed by atoms with E-state index in [9.17, 15) is 0 Å². The Labute approximate surface area is 178 Å². The summed E-state index contributed by atoms with van der Waals surface area (Å²) in [4.78, 5) is 9.01. The second kappa shape index (κ2) is 8.12. The van der Waals surface area contributed by atoms with Crippen LogP contribution in [-0.2, 0) is 0 Å². The van der Waals surface area contributed by atoms with E-state index in [1.54, 1.807) is 0 Å². The van der Waals surface area contributed by atoms with Crippen LogP contribution in [0.3, 0.4) is 0 Å². The van der Waals surface area contributed by atoms with Gasteiger partial charge in [-0.15, -0.1) is 10.2 Å². The van der Waals surface area contributed by atoms with E-state index >= 15 is 0 Å². The molecule has 2 aromatic carbocycles. The van der Waals surface area contributed by atoms with Gasteiger partial charge in [0, 0.05) is 42.5 Å². The van der Waals surface area contributed by atoms with Gasteiger partial charge in [0.05, 0.1) is 0 Å². The Kier molecular flexibility index (Phi) is 5.03. The van der Waals surface area contributed by atoms with Crippen LogP contribution in [-0.4, -0.2) is 46.5 Å². The molecule has 0 N–H and O–H groups in total. The quantitative estimate of drug-likeness (QED) is 0.492. The van der Waals surface area contributed by atoms with Crippen LogP contribution >= 0.6 is 11.6 Å². The molecule has 0 saturated carbocycles. The molecular formula is C22H19ClN6O. The summed E-state index contributed by atoms with van der Waals surface area (Å²) in [5.74, 6) is 1.74. The summed E-state index contributed by atoms with van der Waals surface area (Å²) in [7, 11) is 0. The lowest BCUT2D eigenvalue weighted by Gasteiger charge is -2.36. The Bertz CT molecular complexity index is 1110. The second-order valence-corrected chi connectivity index (χ2v) is 7.45. The molecule has 0 radical (unpaired) electrons. The number of benzene rings is 2. The topological polar surface area (TPSA) is 71.2 Å². The molecule has 7 nitrogen and oxygen atoms in total. The molecule has 150 valence electrons. The SMILES string of the molecule is Clc1ccc(N2CCN(c3ccc(-c4nc(-c5ccccc5)no4)nn3)CC2)cc1. The normalized spacial score (nSPS) is 14.2. The minimum atomic E-state index is 0.362. The molecule has 4 aromatic rings. The monoisotopic (exact) mass is 418 g/mol. The highest BCUT2D eigenvalue weighted by atomic mass is 35.5. The number of piperazine rings is 1. The van der Waals surface area contributed by atoms with Gasteiger partial charge in [0.2, 0.25) is 5.82 Å². The van der Waals surface area contributed by atoms with Crippen LogP contribution in [0.15, 0.2) is 71.3 Å². The van der Waals surface area contributed by atoms with Gasteiger partial charge in [0.1, 0.15) is 0 Å². The number of anilines is 2. The Balaban J connectivity index is 1.25. The van der Waals surface area contributed by atoms with E-state index in [0.29, 0.717) is 17.4 Å². The zero-order valence-corrected chi connectivity index (χ0v) is 16.9. The predicted octanol–water partition coefficient (Wildman–Crippen LogP) is 4.17. The maximum Gasteiger partial charge on any atom is 0.278 e. The summed E-state index contributed by atoms with van der Waals surface area (Å²) in [5.41, 5.74) is 2.65. The minimum Gasteiger partial charge on any atom is -0.368 e. The molecule has 3 heterocycles. The molecule has 1 aliphatic rings. The molecule has 1 aliphatic heterocycles. The Morgan fingerprint density at radius 3 is 2.20 bits per heavy atom. The van der Waals surface area contributed by atoms with Gasteiger partial charge in [-0.3, -0.25) is 0 Å². The summed E-state index contributed by atoms with van der Waals surface area (Å²) in [6.45, 7) is 3.56. The molecule has 0 bridgehead atoms. The number of hydrogen-bond acceptors (Lipinski definition) is 7. The van der Waals surface area contributed by atoms with Crippen LogP contribution in [0.25, 0.3) is 23.0 Å². The van der Waals surface area contributed by atoms with Crippen LogP contribution in [0.1, 0.15) is 0 Å². The average Bonchev–Trinajstić information content (AvgIpc) is 3.31. The Morgan fingerprint density at radius 2 is 1.50 bits per heavy atom. The fourth-order valence-corrected chi connectivity index (χ4v) is 3.61. The number of aromatic nitrogens is 4. The standard InChI is InChI=1S/C22H19ClN6O/c23-17-6-8-18(9-7-17)28-12-14-29(15-13-28)20-11-10-19(25-26-20)22-24-21(27-30-22)16-4-2-1-3-5-16/h1-11H,12-15H2. The van der Waals surface area contributed by atoms with Crippen molar-refractivity contribution < 1.29 is 4.52 Å². The van der Waals surface area contributed by atoms with Crippen molar-refractivity contribution in [3.8, 4) is 23.0 Å². The first-order valence-electron chi connectivity index (χ1n) is 9.75. The van der Waals surface area contributed by atoms with Gasteiger partial charge in [0.15, 0.2) is 11.5 Å². The number of halogens is 1. The molecule has 1 saturated heterocycles. The van der Waals surface area contributed by atoms with Crippen LogP contribution in [0.2, 0.25) is 5.02 Å². The maximum atomic E-state index is 5.99. The van der Waals surface area contributed by atoms with Gasteiger partial charge in [-0.2, -0.15) is 4.98 Å². The molecule has 2 aromatic heterocycles. The number of rotatable bonds is 4. The lowest BCUT2D eigenvalue weighted by molar-refractivity contribution is 0.430. The molecular weight excluding hydrogens is 400 g/mol. The Morgan fingerprint density at radius 1 is 0.767 bits per heavy atom. The smallest absolute Gasteiger partial charge is 0.278 e. The van der Waals surface area contributed by atoms with Gasteiger partial charge in [0.25, 0.3) is 5.89 Å². The van der Waals surface area contributed by atoms with Gasteiger partial charge in [-0.1, -0.05) is 47.1 Å². The first-order chi connectivity index (χ1) is 14.8. The minimum absolute atomic E-state index is 0.362. The highest BCUT2D eigenvalue weighted by Gasteiger charge is 2.19. The third-order valence-electron chi connectivity index (χ3n) is 5.12. The van der Waals surface area contributed by atoms with Crippen LogP contribution in [0.4, 0.5) is 11.5 Å².